The summed E-state index contributed by atoms with van der Waals surface area (Å²) < 4.78 is 0. The number of hydrogen-bond donors (Lipinski definition) is 1. The normalized spacial score (nSPS) is 13.2. The van der Waals surface area contributed by atoms with E-state index in [9.17, 15) is 9.59 Å². The number of carboxylic acids is 1. The summed E-state index contributed by atoms with van der Waals surface area (Å²) in [7, 11) is 1.64. The molecule has 0 aromatic heterocycles. The van der Waals surface area contributed by atoms with Crippen molar-refractivity contribution in [2.24, 2.45) is 0 Å². The van der Waals surface area contributed by atoms with Crippen LogP contribution in [0.2, 0.25) is 0 Å². The van der Waals surface area contributed by atoms with Gasteiger partial charge >= 0.3 is 5.97 Å². The molecule has 4 nitrogen and oxygen atoms in total. The van der Waals surface area contributed by atoms with Crippen molar-refractivity contribution in [1.29, 1.82) is 0 Å². The lowest BCUT2D eigenvalue weighted by atomic mass is 10.1. The molecule has 1 N–H and O–H groups in total. The summed E-state index contributed by atoms with van der Waals surface area (Å²) in [5.74, 6) is -0.991. The first-order valence-electron chi connectivity index (χ1n) is 6.17. The van der Waals surface area contributed by atoms with Crippen LogP contribution in [-0.2, 0) is 17.6 Å². The average molecular weight is 247 g/mol. The third-order valence-corrected chi connectivity index (χ3v) is 3.35. The van der Waals surface area contributed by atoms with Gasteiger partial charge in [0.2, 0.25) is 0 Å². The zero-order valence-corrected chi connectivity index (χ0v) is 10.5. The molecular weight excluding hydrogens is 230 g/mol. The molecule has 4 heteroatoms. The van der Waals surface area contributed by atoms with Gasteiger partial charge < -0.3 is 10.0 Å². The van der Waals surface area contributed by atoms with Gasteiger partial charge in [0.1, 0.15) is 0 Å². The van der Waals surface area contributed by atoms with Crippen molar-refractivity contribution < 1.29 is 14.7 Å². The predicted octanol–water partition coefficient (Wildman–Crippen LogP) is 1.72. The van der Waals surface area contributed by atoms with E-state index in [1.165, 1.54) is 16.0 Å². The van der Waals surface area contributed by atoms with Crippen LogP contribution in [-0.4, -0.2) is 35.5 Å². The van der Waals surface area contributed by atoms with Crippen molar-refractivity contribution in [3.05, 3.63) is 34.9 Å². The number of benzene rings is 1. The number of nitrogens with zero attached hydrogens (tertiary/aromatic N) is 1. The van der Waals surface area contributed by atoms with Crippen LogP contribution in [0.4, 0.5) is 0 Å². The van der Waals surface area contributed by atoms with Gasteiger partial charge in [-0.15, -0.1) is 0 Å². The Bertz CT molecular complexity index is 482. The summed E-state index contributed by atoms with van der Waals surface area (Å²) in [6.45, 7) is 0.241. The first-order chi connectivity index (χ1) is 8.58. The van der Waals surface area contributed by atoms with E-state index in [0.717, 1.165) is 19.3 Å². The second-order valence-corrected chi connectivity index (χ2v) is 4.71. The Kier molecular flexibility index (Phi) is 3.65. The topological polar surface area (TPSA) is 57.6 Å². The molecule has 0 fully saturated rings. The number of carbonyl (C=O) groups is 2. The van der Waals surface area contributed by atoms with Gasteiger partial charge in [-0.25, -0.2) is 0 Å². The highest BCUT2D eigenvalue weighted by atomic mass is 16.4. The van der Waals surface area contributed by atoms with E-state index < -0.39 is 5.97 Å². The summed E-state index contributed by atoms with van der Waals surface area (Å²) in [5, 5.41) is 8.60. The van der Waals surface area contributed by atoms with E-state index in [4.69, 9.17) is 5.11 Å². The maximum Gasteiger partial charge on any atom is 0.305 e. The van der Waals surface area contributed by atoms with Crippen LogP contribution < -0.4 is 0 Å². The Balaban J connectivity index is 2.06. The standard InChI is InChI=1S/C14H17NO3/c1-15(8-7-13(16)17)14(18)12-6-5-10-3-2-4-11(10)9-12/h5-6,9H,2-4,7-8H2,1H3,(H,16,17). The number of fused-ring (bicyclic) bond motifs is 1. The van der Waals surface area contributed by atoms with Crippen LogP contribution >= 0.6 is 0 Å². The zero-order valence-electron chi connectivity index (χ0n) is 10.5. The lowest BCUT2D eigenvalue weighted by Crippen LogP contribution is -2.29. The molecule has 1 amide bonds. The largest absolute Gasteiger partial charge is 0.481 e. The fourth-order valence-electron chi connectivity index (χ4n) is 2.29. The van der Waals surface area contributed by atoms with Gasteiger partial charge in [0, 0.05) is 19.2 Å². The number of hydrogen-bond acceptors (Lipinski definition) is 2. The molecule has 1 aromatic rings. The van der Waals surface area contributed by atoms with Crippen molar-refractivity contribution in [3.63, 3.8) is 0 Å². The Hall–Kier alpha value is -1.84. The van der Waals surface area contributed by atoms with Crippen LogP contribution in [0.25, 0.3) is 0 Å². The minimum absolute atomic E-state index is 0.0207. The molecule has 0 saturated heterocycles. The molecule has 0 spiro atoms. The van der Waals surface area contributed by atoms with Gasteiger partial charge in [-0.1, -0.05) is 6.07 Å². The highest BCUT2D eigenvalue weighted by molar-refractivity contribution is 5.94. The fourth-order valence-corrected chi connectivity index (χ4v) is 2.29. The van der Waals surface area contributed by atoms with Crippen molar-refractivity contribution in [2.45, 2.75) is 25.7 Å². The lowest BCUT2D eigenvalue weighted by Gasteiger charge is -2.16. The van der Waals surface area contributed by atoms with Crippen LogP contribution in [0.1, 0.15) is 34.3 Å². The molecule has 0 aliphatic heterocycles. The molecular formula is C14H17NO3. The number of aliphatic carboxylic acids is 1. The van der Waals surface area contributed by atoms with Gasteiger partial charge in [0.05, 0.1) is 6.42 Å². The van der Waals surface area contributed by atoms with Crippen LogP contribution in [0, 0.1) is 0 Å². The molecule has 0 heterocycles. The minimum Gasteiger partial charge on any atom is -0.481 e. The first kappa shape index (κ1) is 12.6. The number of carboxylic acid groups (broad SMARTS) is 1. The second-order valence-electron chi connectivity index (χ2n) is 4.71. The highest BCUT2D eigenvalue weighted by Crippen LogP contribution is 2.23. The first-order valence-corrected chi connectivity index (χ1v) is 6.17. The van der Waals surface area contributed by atoms with Gasteiger partial charge in [-0.3, -0.25) is 9.59 Å². The Morgan fingerprint density at radius 3 is 2.72 bits per heavy atom. The van der Waals surface area contributed by atoms with Gasteiger partial charge in [-0.05, 0) is 42.5 Å². The smallest absolute Gasteiger partial charge is 0.305 e. The summed E-state index contributed by atoms with van der Waals surface area (Å²) in [6, 6.07) is 5.80. The Morgan fingerprint density at radius 1 is 1.28 bits per heavy atom. The van der Waals surface area contributed by atoms with Crippen LogP contribution in [0.15, 0.2) is 18.2 Å². The summed E-state index contributed by atoms with van der Waals surface area (Å²) in [4.78, 5) is 24.0. The van der Waals surface area contributed by atoms with E-state index in [1.54, 1.807) is 7.05 Å². The monoisotopic (exact) mass is 247 g/mol. The highest BCUT2D eigenvalue weighted by Gasteiger charge is 2.16. The minimum atomic E-state index is -0.886. The summed E-state index contributed by atoms with van der Waals surface area (Å²) >= 11 is 0. The van der Waals surface area contributed by atoms with E-state index in [0.29, 0.717) is 5.56 Å². The van der Waals surface area contributed by atoms with Gasteiger partial charge in [0.25, 0.3) is 5.91 Å². The van der Waals surface area contributed by atoms with Crippen molar-refractivity contribution >= 4 is 11.9 Å². The number of aryl methyl sites for hydroxylation is 2. The van der Waals surface area contributed by atoms with E-state index in [1.807, 2.05) is 18.2 Å². The van der Waals surface area contributed by atoms with E-state index in [-0.39, 0.29) is 18.9 Å². The molecule has 2 rings (SSSR count). The number of rotatable bonds is 4. The molecule has 0 unspecified atom stereocenters. The quantitative estimate of drug-likeness (QED) is 0.881. The summed E-state index contributed by atoms with van der Waals surface area (Å²) in [6.07, 6.45) is 3.27. The Morgan fingerprint density at radius 2 is 2.00 bits per heavy atom. The molecule has 1 aliphatic rings. The molecule has 1 aliphatic carbocycles. The second kappa shape index (κ2) is 5.21. The number of carbonyl (C=O) groups excluding carboxylic acids is 1. The third-order valence-electron chi connectivity index (χ3n) is 3.35. The maximum atomic E-state index is 12.1. The molecule has 0 bridgehead atoms. The van der Waals surface area contributed by atoms with Crippen molar-refractivity contribution in [2.75, 3.05) is 13.6 Å². The average Bonchev–Trinajstić information content (AvgIpc) is 2.81. The predicted molar refractivity (Wildman–Crippen MR) is 67.7 cm³/mol. The summed E-state index contributed by atoms with van der Waals surface area (Å²) in [5.41, 5.74) is 3.25. The Labute approximate surface area is 106 Å². The molecule has 18 heavy (non-hydrogen) atoms. The molecule has 0 atom stereocenters. The third kappa shape index (κ3) is 2.70. The zero-order chi connectivity index (χ0) is 13.1. The molecule has 1 aromatic carbocycles. The van der Waals surface area contributed by atoms with Crippen LogP contribution in [0.3, 0.4) is 0 Å². The van der Waals surface area contributed by atoms with Gasteiger partial charge in [0.15, 0.2) is 0 Å². The van der Waals surface area contributed by atoms with E-state index >= 15 is 0 Å². The molecule has 96 valence electrons. The van der Waals surface area contributed by atoms with Crippen molar-refractivity contribution in [3.8, 4) is 0 Å². The SMILES string of the molecule is CN(CCC(=O)O)C(=O)c1ccc2c(c1)CCC2. The fraction of sp³-hybridized carbons (Fsp3) is 0.429. The molecule has 0 radical (unpaired) electrons. The lowest BCUT2D eigenvalue weighted by molar-refractivity contribution is -0.137. The van der Waals surface area contributed by atoms with Gasteiger partial charge in [-0.2, -0.15) is 0 Å². The molecule has 0 saturated carbocycles. The maximum absolute atomic E-state index is 12.1. The number of amides is 1. The van der Waals surface area contributed by atoms with Crippen molar-refractivity contribution in [1.82, 2.24) is 4.90 Å². The van der Waals surface area contributed by atoms with E-state index in [2.05, 4.69) is 0 Å². The van der Waals surface area contributed by atoms with Crippen LogP contribution in [0.5, 0.6) is 0 Å².